The number of nitrogens with one attached hydrogen (secondary N) is 1. The molecule has 0 bridgehead atoms. The Kier molecular flexibility index (Phi) is 6.75. The lowest BCUT2D eigenvalue weighted by molar-refractivity contribution is 0.381. The van der Waals surface area contributed by atoms with Crippen molar-refractivity contribution in [3.63, 3.8) is 0 Å². The van der Waals surface area contributed by atoms with Crippen LogP contribution in [0.1, 0.15) is 19.3 Å². The molecule has 3 N–H and O–H groups in total. The minimum Gasteiger partial charge on any atom is -0.467 e. The van der Waals surface area contributed by atoms with Crippen molar-refractivity contribution in [1.29, 1.82) is 0 Å². The van der Waals surface area contributed by atoms with Crippen LogP contribution in [0.5, 0.6) is 6.01 Å². The summed E-state index contributed by atoms with van der Waals surface area (Å²) in [6.07, 6.45) is 4.16. The Hall–Kier alpha value is -2.60. The average Bonchev–Trinajstić information content (AvgIpc) is 3.06. The summed E-state index contributed by atoms with van der Waals surface area (Å²) in [5.41, 5.74) is 7.39. The topological polar surface area (TPSA) is 106 Å². The Bertz CT molecular complexity index is 1450. The summed E-state index contributed by atoms with van der Waals surface area (Å²) in [4.78, 5) is 15.4. The number of para-hydroxylation sites is 1. The minimum atomic E-state index is -1.08. The highest BCUT2D eigenvalue weighted by Gasteiger charge is 2.25. The maximum atomic E-state index is 16.2. The van der Waals surface area contributed by atoms with Crippen LogP contribution in [0.15, 0.2) is 24.3 Å². The van der Waals surface area contributed by atoms with E-state index in [-0.39, 0.29) is 28.2 Å². The van der Waals surface area contributed by atoms with Crippen molar-refractivity contribution in [2.24, 2.45) is 0 Å². The largest absolute Gasteiger partial charge is 0.467 e. The van der Waals surface area contributed by atoms with E-state index in [1.807, 2.05) is 12.1 Å². The molecular formula is C23H24ClFN6O2S2. The molecule has 35 heavy (non-hydrogen) atoms. The lowest BCUT2D eigenvalue weighted by Gasteiger charge is -2.24. The van der Waals surface area contributed by atoms with E-state index in [9.17, 15) is 4.21 Å². The molecule has 0 spiro atoms. The Labute approximate surface area is 213 Å². The van der Waals surface area contributed by atoms with E-state index in [1.54, 1.807) is 18.4 Å². The number of hydrogen-bond donors (Lipinski definition) is 2. The summed E-state index contributed by atoms with van der Waals surface area (Å²) in [6, 6.07) is 7.41. The molecule has 0 amide bonds. The molecule has 3 heterocycles. The number of nitrogens with zero attached hydrogens (tertiary/aromatic N) is 4. The van der Waals surface area contributed by atoms with Gasteiger partial charge in [-0.3, -0.25) is 0 Å². The molecule has 5 rings (SSSR count). The van der Waals surface area contributed by atoms with Crippen molar-refractivity contribution in [3.05, 3.63) is 35.1 Å². The third-order valence-electron chi connectivity index (χ3n) is 6.09. The average molecular weight is 535 g/mol. The van der Waals surface area contributed by atoms with Gasteiger partial charge in [-0.25, -0.2) is 18.3 Å². The molecule has 184 valence electrons. The number of thiazole rings is 1. The van der Waals surface area contributed by atoms with Gasteiger partial charge < -0.3 is 15.4 Å². The van der Waals surface area contributed by atoms with Gasteiger partial charge in [-0.1, -0.05) is 35.1 Å². The van der Waals surface area contributed by atoms with E-state index < -0.39 is 16.8 Å². The van der Waals surface area contributed by atoms with Crippen LogP contribution in [-0.2, 0) is 11.0 Å². The van der Waals surface area contributed by atoms with Crippen LogP contribution in [0, 0.1) is 5.82 Å². The van der Waals surface area contributed by atoms with E-state index in [0.717, 1.165) is 24.0 Å². The van der Waals surface area contributed by atoms with Crippen LogP contribution in [0.4, 0.5) is 15.3 Å². The molecule has 1 saturated heterocycles. The summed E-state index contributed by atoms with van der Waals surface area (Å²) in [5, 5.41) is 1.14. The van der Waals surface area contributed by atoms with Gasteiger partial charge in [0.1, 0.15) is 11.3 Å². The number of rotatable bonds is 5. The third kappa shape index (κ3) is 4.65. The second kappa shape index (κ2) is 9.81. The molecule has 8 nitrogen and oxygen atoms in total. The Balaban J connectivity index is 1.64. The molecule has 2 unspecified atom stereocenters. The van der Waals surface area contributed by atoms with Crippen LogP contribution in [-0.4, -0.2) is 51.7 Å². The zero-order chi connectivity index (χ0) is 24.7. The number of methoxy groups -OCH3 is 1. The van der Waals surface area contributed by atoms with E-state index in [4.69, 9.17) is 22.1 Å². The van der Waals surface area contributed by atoms with Crippen molar-refractivity contribution in [2.75, 3.05) is 37.1 Å². The molecule has 2 atom stereocenters. The molecular weight excluding hydrogens is 511 g/mol. The SMILES string of the molecule is COc1nc(N2CCCC(NS(C)=O)CC2)c2cc(Cl)c(-c3cccc4sc(N)nc34)c(F)c2n1. The number of benzene rings is 2. The normalized spacial score (nSPS) is 17.6. The second-order valence-corrected chi connectivity index (χ2v) is 11.0. The minimum absolute atomic E-state index is 0.0735. The van der Waals surface area contributed by atoms with Crippen molar-refractivity contribution >= 4 is 66.0 Å². The van der Waals surface area contributed by atoms with Gasteiger partial charge in [0.05, 0.1) is 33.3 Å². The predicted octanol–water partition coefficient (Wildman–Crippen LogP) is 4.53. The van der Waals surface area contributed by atoms with E-state index in [0.29, 0.717) is 40.5 Å². The van der Waals surface area contributed by atoms with Crippen molar-refractivity contribution in [3.8, 4) is 17.1 Å². The maximum absolute atomic E-state index is 16.2. The number of ether oxygens (including phenoxy) is 1. The molecule has 1 fully saturated rings. The Morgan fingerprint density at radius 1 is 1.26 bits per heavy atom. The summed E-state index contributed by atoms with van der Waals surface area (Å²) in [5.74, 6) is -0.00199. The van der Waals surface area contributed by atoms with Crippen LogP contribution in [0.3, 0.4) is 0 Å². The number of anilines is 2. The van der Waals surface area contributed by atoms with E-state index in [1.165, 1.54) is 18.4 Å². The lowest BCUT2D eigenvalue weighted by Crippen LogP contribution is -2.32. The van der Waals surface area contributed by atoms with Gasteiger partial charge in [0.15, 0.2) is 10.9 Å². The van der Waals surface area contributed by atoms with Crippen molar-refractivity contribution < 1.29 is 13.3 Å². The van der Waals surface area contributed by atoms with Crippen LogP contribution in [0.2, 0.25) is 5.02 Å². The number of hydrogen-bond acceptors (Lipinski definition) is 8. The van der Waals surface area contributed by atoms with Gasteiger partial charge in [-0.05, 0) is 31.4 Å². The zero-order valence-corrected chi connectivity index (χ0v) is 21.6. The fourth-order valence-corrected chi connectivity index (χ4v) is 6.33. The number of halogens is 2. The zero-order valence-electron chi connectivity index (χ0n) is 19.2. The van der Waals surface area contributed by atoms with Gasteiger partial charge in [-0.2, -0.15) is 9.97 Å². The molecule has 4 aromatic rings. The maximum Gasteiger partial charge on any atom is 0.318 e. The third-order valence-corrected chi connectivity index (χ3v) is 7.90. The van der Waals surface area contributed by atoms with Crippen LogP contribution < -0.4 is 20.1 Å². The molecule has 0 radical (unpaired) electrons. The summed E-state index contributed by atoms with van der Waals surface area (Å²) < 4.78 is 37.1. The highest BCUT2D eigenvalue weighted by molar-refractivity contribution is 7.82. The first-order valence-electron chi connectivity index (χ1n) is 11.1. The molecule has 1 aliphatic heterocycles. The van der Waals surface area contributed by atoms with Gasteiger partial charge in [-0.15, -0.1) is 0 Å². The standard InChI is InChI=1S/C23H24ClFN6O2S2/c1-33-23-28-20-14(21(29-23)31-9-4-5-12(8-10-31)30-35(2)32)11-15(24)17(18(20)25)13-6-3-7-16-19(13)27-22(26)34-16/h3,6-7,11-12,30H,4-5,8-10H2,1-2H3,(H2,26,27). The molecule has 12 heteroatoms. The van der Waals surface area contributed by atoms with Crippen molar-refractivity contribution in [2.45, 2.75) is 25.3 Å². The van der Waals surface area contributed by atoms with Crippen LogP contribution >= 0.6 is 22.9 Å². The smallest absolute Gasteiger partial charge is 0.318 e. The van der Waals surface area contributed by atoms with Crippen molar-refractivity contribution in [1.82, 2.24) is 19.7 Å². The monoisotopic (exact) mass is 534 g/mol. The number of aromatic nitrogens is 3. The van der Waals surface area contributed by atoms with Crippen LogP contribution in [0.25, 0.3) is 32.2 Å². The fraction of sp³-hybridized carbons (Fsp3) is 0.348. The highest BCUT2D eigenvalue weighted by atomic mass is 35.5. The quantitative estimate of drug-likeness (QED) is 0.387. The summed E-state index contributed by atoms with van der Waals surface area (Å²) in [6.45, 7) is 1.37. The first kappa shape index (κ1) is 24.1. The first-order valence-corrected chi connectivity index (χ1v) is 13.8. The number of nitrogen functional groups attached to an aromatic ring is 1. The predicted molar refractivity (Wildman–Crippen MR) is 141 cm³/mol. The Morgan fingerprint density at radius 3 is 2.86 bits per heavy atom. The molecule has 2 aromatic heterocycles. The lowest BCUT2D eigenvalue weighted by atomic mass is 10.0. The Morgan fingerprint density at radius 2 is 2.09 bits per heavy atom. The van der Waals surface area contributed by atoms with Gasteiger partial charge in [0.25, 0.3) is 0 Å². The molecule has 1 aliphatic rings. The fourth-order valence-electron chi connectivity index (χ4n) is 4.57. The molecule has 0 aliphatic carbocycles. The van der Waals surface area contributed by atoms with Gasteiger partial charge in [0.2, 0.25) is 0 Å². The molecule has 2 aromatic carbocycles. The van der Waals surface area contributed by atoms with E-state index >= 15 is 4.39 Å². The summed E-state index contributed by atoms with van der Waals surface area (Å²) in [7, 11) is 0.373. The van der Waals surface area contributed by atoms with Gasteiger partial charge >= 0.3 is 6.01 Å². The second-order valence-electron chi connectivity index (χ2n) is 8.37. The highest BCUT2D eigenvalue weighted by Crippen LogP contribution is 2.42. The first-order chi connectivity index (χ1) is 16.9. The van der Waals surface area contributed by atoms with Gasteiger partial charge in [0, 0.05) is 41.9 Å². The van der Waals surface area contributed by atoms with E-state index in [2.05, 4.69) is 24.6 Å². The summed E-state index contributed by atoms with van der Waals surface area (Å²) >= 11 is 8.04. The number of nitrogens with two attached hydrogens (primary N) is 1. The number of fused-ring (bicyclic) bond motifs is 2. The molecule has 0 saturated carbocycles.